The van der Waals surface area contributed by atoms with Crippen LogP contribution in [-0.4, -0.2) is 34.7 Å². The maximum atomic E-state index is 12.7. The van der Waals surface area contributed by atoms with Crippen molar-refractivity contribution in [2.75, 3.05) is 0 Å². The first-order valence-electron chi connectivity index (χ1n) is 8.53. The molecule has 4 aromatic rings. The van der Waals surface area contributed by atoms with Gasteiger partial charge in [0.05, 0.1) is 0 Å². The lowest BCUT2D eigenvalue weighted by molar-refractivity contribution is 0.777. The number of rotatable bonds is 4. The summed E-state index contributed by atoms with van der Waals surface area (Å²) in [5, 5.41) is 3.57. The number of fused-ring (bicyclic) bond motifs is 1. The number of hydrogen-bond donors (Lipinski definition) is 2. The first-order valence-corrected chi connectivity index (χ1v) is 9.51. The van der Waals surface area contributed by atoms with Crippen LogP contribution >= 0.6 is 11.8 Å². The zero-order valence-corrected chi connectivity index (χ0v) is 16.3. The number of aryl methyl sites for hydroxylation is 3. The molecule has 0 amide bonds. The van der Waals surface area contributed by atoms with Crippen molar-refractivity contribution in [2.24, 2.45) is 0 Å². The molecule has 0 radical (unpaired) electrons. The predicted octanol–water partition coefficient (Wildman–Crippen LogP) is 1.80. The van der Waals surface area contributed by atoms with Crippen molar-refractivity contribution in [1.82, 2.24) is 34.7 Å². The molecule has 0 atom stereocenters. The van der Waals surface area contributed by atoms with Crippen LogP contribution in [0.4, 0.5) is 0 Å². The van der Waals surface area contributed by atoms with Crippen LogP contribution in [0.5, 0.6) is 0 Å². The Kier molecular flexibility index (Phi) is 4.55. The van der Waals surface area contributed by atoms with Gasteiger partial charge in [0.15, 0.2) is 10.6 Å². The Labute approximate surface area is 163 Å². The maximum Gasteiger partial charge on any atom is 0.287 e. The minimum Gasteiger partial charge on any atom is -0.343 e. The maximum absolute atomic E-state index is 12.7. The Morgan fingerprint density at radius 3 is 2.50 bits per heavy atom. The highest BCUT2D eigenvalue weighted by molar-refractivity contribution is 7.98. The second-order valence-electron chi connectivity index (χ2n) is 6.38. The minimum absolute atomic E-state index is 0.0447. The molecule has 4 aromatic heterocycles. The van der Waals surface area contributed by atoms with Gasteiger partial charge in [-0.3, -0.25) is 14.7 Å². The van der Waals surface area contributed by atoms with Crippen molar-refractivity contribution < 1.29 is 0 Å². The van der Waals surface area contributed by atoms with E-state index in [4.69, 9.17) is 0 Å². The van der Waals surface area contributed by atoms with Crippen LogP contribution in [0.3, 0.4) is 0 Å². The van der Waals surface area contributed by atoms with E-state index in [2.05, 4.69) is 30.0 Å². The van der Waals surface area contributed by atoms with Gasteiger partial charge in [-0.25, -0.2) is 19.9 Å². The van der Waals surface area contributed by atoms with Crippen molar-refractivity contribution in [1.29, 1.82) is 0 Å². The molecule has 0 saturated heterocycles. The third kappa shape index (κ3) is 3.46. The van der Waals surface area contributed by atoms with Crippen LogP contribution in [0, 0.1) is 20.8 Å². The molecule has 0 aromatic carbocycles. The number of aromatic amines is 2. The Morgan fingerprint density at radius 2 is 1.79 bits per heavy atom. The molecule has 0 bridgehead atoms. The van der Waals surface area contributed by atoms with Gasteiger partial charge in [0.2, 0.25) is 0 Å². The van der Waals surface area contributed by atoms with Crippen LogP contribution < -0.4 is 11.0 Å². The Morgan fingerprint density at radius 1 is 1.04 bits per heavy atom. The monoisotopic (exact) mass is 395 g/mol. The van der Waals surface area contributed by atoms with Crippen LogP contribution in [0.25, 0.3) is 17.0 Å². The molecule has 4 rings (SSSR count). The van der Waals surface area contributed by atoms with Gasteiger partial charge >= 0.3 is 0 Å². The third-order valence-electron chi connectivity index (χ3n) is 4.03. The lowest BCUT2D eigenvalue weighted by Crippen LogP contribution is -2.20. The summed E-state index contributed by atoms with van der Waals surface area (Å²) in [7, 11) is 0. The fourth-order valence-electron chi connectivity index (χ4n) is 2.85. The topological polar surface area (TPSA) is 122 Å². The van der Waals surface area contributed by atoms with Gasteiger partial charge < -0.3 is 4.98 Å². The van der Waals surface area contributed by atoms with Gasteiger partial charge in [0.1, 0.15) is 11.0 Å². The molecule has 0 saturated carbocycles. The zero-order chi connectivity index (χ0) is 19.8. The Bertz CT molecular complexity index is 1290. The molecule has 28 heavy (non-hydrogen) atoms. The second-order valence-corrected chi connectivity index (χ2v) is 7.32. The van der Waals surface area contributed by atoms with E-state index in [0.717, 1.165) is 17.1 Å². The summed E-state index contributed by atoms with van der Waals surface area (Å²) in [5.74, 6) is 0.664. The molecule has 0 aliphatic carbocycles. The smallest absolute Gasteiger partial charge is 0.287 e. The molecule has 142 valence electrons. The summed E-state index contributed by atoms with van der Waals surface area (Å²) in [6.45, 7) is 5.53. The molecular weight excluding hydrogens is 378 g/mol. The fourth-order valence-corrected chi connectivity index (χ4v) is 3.63. The largest absolute Gasteiger partial charge is 0.343 e. The molecule has 10 heteroatoms. The molecular formula is C18H17N7O2S. The Hall–Kier alpha value is -3.27. The summed E-state index contributed by atoms with van der Waals surface area (Å²) in [4.78, 5) is 45.4. The SMILES string of the molecule is Cc1ccnc(SCc2cc(=O)c3c(=O)n(-c4nc(C)cc(C)n4)[nH]c3[nH]2)n1. The zero-order valence-electron chi connectivity index (χ0n) is 15.5. The number of aromatic nitrogens is 7. The van der Waals surface area contributed by atoms with Gasteiger partial charge in [-0.05, 0) is 32.9 Å². The lowest BCUT2D eigenvalue weighted by atomic mass is 10.3. The van der Waals surface area contributed by atoms with E-state index in [1.165, 1.54) is 22.5 Å². The molecule has 2 N–H and O–H groups in total. The highest BCUT2D eigenvalue weighted by Crippen LogP contribution is 2.18. The highest BCUT2D eigenvalue weighted by Gasteiger charge is 2.15. The fraction of sp³-hybridized carbons (Fsp3) is 0.222. The normalized spacial score (nSPS) is 11.2. The van der Waals surface area contributed by atoms with Gasteiger partial charge in [-0.2, -0.15) is 4.68 Å². The van der Waals surface area contributed by atoms with E-state index >= 15 is 0 Å². The molecule has 0 spiro atoms. The number of nitrogens with one attached hydrogen (secondary N) is 2. The average Bonchev–Trinajstić information content (AvgIpc) is 2.96. The standard InChI is InChI=1S/C18H17N7O2S/c1-9-4-5-19-18(22-9)28-8-12-7-13(26)14-15(23-12)24-25(16(14)27)17-20-10(2)6-11(3)21-17/h4-7H,8H2,1-3H3,(H2,23,24,26). The third-order valence-corrected chi connectivity index (χ3v) is 4.94. The van der Waals surface area contributed by atoms with Crippen molar-refractivity contribution in [3.8, 4) is 5.95 Å². The minimum atomic E-state index is -0.484. The van der Waals surface area contributed by atoms with E-state index in [9.17, 15) is 9.59 Å². The van der Waals surface area contributed by atoms with Crippen LogP contribution in [0.2, 0.25) is 0 Å². The van der Waals surface area contributed by atoms with Crippen molar-refractivity contribution >= 4 is 22.8 Å². The van der Waals surface area contributed by atoms with Crippen molar-refractivity contribution in [3.63, 3.8) is 0 Å². The lowest BCUT2D eigenvalue weighted by Gasteiger charge is -2.02. The summed E-state index contributed by atoms with van der Waals surface area (Å²) in [5.41, 5.74) is 2.48. The molecule has 0 fully saturated rings. The summed E-state index contributed by atoms with van der Waals surface area (Å²) >= 11 is 1.40. The van der Waals surface area contributed by atoms with Gasteiger partial charge in [-0.15, -0.1) is 0 Å². The first-order chi connectivity index (χ1) is 13.4. The number of H-pyrrole nitrogens is 2. The van der Waals surface area contributed by atoms with E-state index in [1.807, 2.05) is 32.9 Å². The molecule has 9 nitrogen and oxygen atoms in total. The number of nitrogens with zero attached hydrogens (tertiary/aromatic N) is 5. The summed E-state index contributed by atoms with van der Waals surface area (Å²) in [6.07, 6.45) is 1.69. The second kappa shape index (κ2) is 7.04. The Balaban J connectivity index is 1.73. The molecule has 0 aliphatic rings. The average molecular weight is 395 g/mol. The van der Waals surface area contributed by atoms with Gasteiger partial charge in [0, 0.05) is 40.8 Å². The predicted molar refractivity (Wildman–Crippen MR) is 106 cm³/mol. The number of hydrogen-bond acceptors (Lipinski definition) is 7. The van der Waals surface area contributed by atoms with Crippen LogP contribution in [-0.2, 0) is 5.75 Å². The van der Waals surface area contributed by atoms with E-state index in [1.54, 1.807) is 6.20 Å². The van der Waals surface area contributed by atoms with Gasteiger partial charge in [0.25, 0.3) is 11.5 Å². The molecule has 0 unspecified atom stereocenters. The quantitative estimate of drug-likeness (QED) is 0.399. The van der Waals surface area contributed by atoms with Gasteiger partial charge in [-0.1, -0.05) is 11.8 Å². The van der Waals surface area contributed by atoms with E-state index in [0.29, 0.717) is 22.3 Å². The number of pyridine rings is 1. The van der Waals surface area contributed by atoms with E-state index in [-0.39, 0.29) is 16.8 Å². The summed E-state index contributed by atoms with van der Waals surface area (Å²) < 4.78 is 1.18. The van der Waals surface area contributed by atoms with Crippen molar-refractivity contribution in [2.45, 2.75) is 31.7 Å². The van der Waals surface area contributed by atoms with Crippen LogP contribution in [0.15, 0.2) is 39.1 Å². The van der Waals surface area contributed by atoms with E-state index < -0.39 is 5.56 Å². The first kappa shape index (κ1) is 18.1. The summed E-state index contributed by atoms with van der Waals surface area (Å²) in [6, 6.07) is 5.05. The van der Waals surface area contributed by atoms with Crippen molar-refractivity contribution in [3.05, 3.63) is 67.7 Å². The van der Waals surface area contributed by atoms with Crippen LogP contribution in [0.1, 0.15) is 22.8 Å². The highest BCUT2D eigenvalue weighted by atomic mass is 32.2. The molecule has 0 aliphatic heterocycles. The number of thioether (sulfide) groups is 1. The molecule has 4 heterocycles.